The van der Waals surface area contributed by atoms with E-state index in [1.54, 1.807) is 19.3 Å². The molecule has 0 radical (unpaired) electrons. The van der Waals surface area contributed by atoms with Crippen molar-refractivity contribution in [3.05, 3.63) is 18.0 Å². The lowest BCUT2D eigenvalue weighted by molar-refractivity contribution is 0.283. The molecule has 1 aromatic rings. The highest BCUT2D eigenvalue weighted by Crippen LogP contribution is 2.22. The molecule has 1 saturated carbocycles. The second-order valence-electron chi connectivity index (χ2n) is 4.72. The lowest BCUT2D eigenvalue weighted by atomic mass is 9.96. The van der Waals surface area contributed by atoms with Crippen LogP contribution in [0.3, 0.4) is 0 Å². The summed E-state index contributed by atoms with van der Waals surface area (Å²) in [6.45, 7) is 0.249. The van der Waals surface area contributed by atoms with E-state index in [0.717, 1.165) is 31.4 Å². The summed E-state index contributed by atoms with van der Waals surface area (Å²) < 4.78 is 28.3. The van der Waals surface area contributed by atoms with E-state index >= 15 is 0 Å². The van der Waals surface area contributed by atoms with Crippen LogP contribution in [0.4, 0.5) is 0 Å². The molecular formula is C11H20N4O2S. The molecule has 0 aromatic carbocycles. The summed E-state index contributed by atoms with van der Waals surface area (Å²) >= 11 is 0. The Labute approximate surface area is 108 Å². The number of rotatable bonds is 5. The fourth-order valence-electron chi connectivity index (χ4n) is 2.29. The molecule has 0 bridgehead atoms. The van der Waals surface area contributed by atoms with E-state index in [4.69, 9.17) is 0 Å². The monoisotopic (exact) mass is 272 g/mol. The Morgan fingerprint density at radius 3 is 2.78 bits per heavy atom. The summed E-state index contributed by atoms with van der Waals surface area (Å²) in [5.74, 6) is 0. The Balaban J connectivity index is 1.92. The van der Waals surface area contributed by atoms with E-state index in [1.165, 1.54) is 10.7 Å². The van der Waals surface area contributed by atoms with Gasteiger partial charge in [-0.3, -0.25) is 5.10 Å². The molecule has 6 nitrogen and oxygen atoms in total. The van der Waals surface area contributed by atoms with Gasteiger partial charge >= 0.3 is 0 Å². The predicted octanol–water partition coefficient (Wildman–Crippen LogP) is 1.01. The Bertz CT molecular complexity index is 451. The third kappa shape index (κ3) is 3.30. The number of H-pyrrole nitrogens is 1. The van der Waals surface area contributed by atoms with Crippen molar-refractivity contribution in [2.75, 3.05) is 7.05 Å². The highest BCUT2D eigenvalue weighted by atomic mass is 32.2. The topological polar surface area (TPSA) is 78.1 Å². The van der Waals surface area contributed by atoms with Crippen LogP contribution in [0, 0.1) is 0 Å². The molecule has 1 heterocycles. The van der Waals surface area contributed by atoms with Crippen molar-refractivity contribution in [3.63, 3.8) is 0 Å². The van der Waals surface area contributed by atoms with E-state index in [9.17, 15) is 8.42 Å². The zero-order valence-corrected chi connectivity index (χ0v) is 11.4. The van der Waals surface area contributed by atoms with Crippen LogP contribution in [0.25, 0.3) is 0 Å². The number of hydrogen-bond acceptors (Lipinski definition) is 3. The van der Waals surface area contributed by atoms with Gasteiger partial charge in [-0.2, -0.15) is 22.5 Å². The molecule has 0 spiro atoms. The summed E-state index contributed by atoms with van der Waals surface area (Å²) in [5, 5.41) is 6.52. The van der Waals surface area contributed by atoms with Gasteiger partial charge in [0.1, 0.15) is 0 Å². The Morgan fingerprint density at radius 1 is 1.44 bits per heavy atom. The van der Waals surface area contributed by atoms with E-state index in [-0.39, 0.29) is 12.6 Å². The van der Waals surface area contributed by atoms with Gasteiger partial charge in [-0.15, -0.1) is 0 Å². The lowest BCUT2D eigenvalue weighted by Crippen LogP contribution is -2.44. The van der Waals surface area contributed by atoms with Crippen LogP contribution in [0.2, 0.25) is 0 Å². The molecule has 0 unspecified atom stereocenters. The summed E-state index contributed by atoms with van der Waals surface area (Å²) in [6.07, 6.45) is 6.97. The molecule has 0 atom stereocenters. The Hall–Kier alpha value is -0.920. The van der Waals surface area contributed by atoms with E-state index in [1.807, 2.05) is 0 Å². The van der Waals surface area contributed by atoms with Gasteiger partial charge in [-0.05, 0) is 18.9 Å². The minimum absolute atomic E-state index is 0.137. The molecule has 0 amide bonds. The molecule has 0 aliphatic heterocycles. The molecule has 102 valence electrons. The maximum atomic E-state index is 12.1. The summed E-state index contributed by atoms with van der Waals surface area (Å²) in [5.41, 5.74) is 0.760. The fourth-order valence-corrected chi connectivity index (χ4v) is 3.44. The maximum absolute atomic E-state index is 12.1. The number of nitrogens with one attached hydrogen (secondary N) is 2. The maximum Gasteiger partial charge on any atom is 0.279 e. The van der Waals surface area contributed by atoms with Crippen molar-refractivity contribution >= 4 is 10.2 Å². The van der Waals surface area contributed by atoms with Crippen LogP contribution in [0.1, 0.15) is 37.8 Å². The average Bonchev–Trinajstić information content (AvgIpc) is 2.90. The molecule has 0 saturated heterocycles. The number of hydrogen-bond donors (Lipinski definition) is 2. The van der Waals surface area contributed by atoms with Gasteiger partial charge in [0.25, 0.3) is 10.2 Å². The molecule has 1 fully saturated rings. The molecule has 2 rings (SSSR count). The van der Waals surface area contributed by atoms with Crippen LogP contribution in [0.5, 0.6) is 0 Å². The molecular weight excluding hydrogens is 252 g/mol. The van der Waals surface area contributed by atoms with Crippen molar-refractivity contribution in [2.24, 2.45) is 0 Å². The average molecular weight is 272 g/mol. The number of aromatic amines is 1. The summed E-state index contributed by atoms with van der Waals surface area (Å²) in [4.78, 5) is 0. The van der Waals surface area contributed by atoms with Crippen molar-refractivity contribution in [1.82, 2.24) is 19.2 Å². The second-order valence-corrected chi connectivity index (χ2v) is 6.53. The standard InChI is InChI=1S/C11H20N4O2S/c1-15(11-5-3-2-4-6-11)18(16,17)13-9-10-7-8-12-14-10/h7-8,11,13H,2-6,9H2,1H3,(H,12,14). The third-order valence-corrected chi connectivity index (χ3v) is 5.04. The van der Waals surface area contributed by atoms with Crippen molar-refractivity contribution in [2.45, 2.75) is 44.7 Å². The van der Waals surface area contributed by atoms with Gasteiger partial charge in [-0.1, -0.05) is 19.3 Å². The normalized spacial score (nSPS) is 18.3. The molecule has 1 aliphatic rings. The Morgan fingerprint density at radius 2 is 2.17 bits per heavy atom. The first-order chi connectivity index (χ1) is 8.59. The van der Waals surface area contributed by atoms with Crippen LogP contribution in [-0.2, 0) is 16.8 Å². The molecule has 1 aromatic heterocycles. The quantitative estimate of drug-likeness (QED) is 0.839. The first-order valence-corrected chi connectivity index (χ1v) is 7.74. The van der Waals surface area contributed by atoms with Crippen LogP contribution < -0.4 is 4.72 Å². The van der Waals surface area contributed by atoms with Gasteiger partial charge in [-0.25, -0.2) is 0 Å². The van der Waals surface area contributed by atoms with Crippen LogP contribution in [-0.4, -0.2) is 36.0 Å². The zero-order chi connectivity index (χ0) is 13.0. The smallest absolute Gasteiger partial charge is 0.279 e. The van der Waals surface area contributed by atoms with Crippen LogP contribution >= 0.6 is 0 Å². The van der Waals surface area contributed by atoms with Gasteiger partial charge < -0.3 is 0 Å². The third-order valence-electron chi connectivity index (χ3n) is 3.47. The summed E-state index contributed by atoms with van der Waals surface area (Å²) in [6, 6.07) is 1.89. The van der Waals surface area contributed by atoms with E-state index < -0.39 is 10.2 Å². The van der Waals surface area contributed by atoms with Crippen molar-refractivity contribution in [1.29, 1.82) is 0 Å². The fraction of sp³-hybridized carbons (Fsp3) is 0.727. The van der Waals surface area contributed by atoms with E-state index in [0.29, 0.717) is 0 Å². The lowest BCUT2D eigenvalue weighted by Gasteiger charge is -2.30. The second kappa shape index (κ2) is 5.81. The minimum Gasteiger partial charge on any atom is -0.281 e. The first kappa shape index (κ1) is 13.5. The van der Waals surface area contributed by atoms with Gasteiger partial charge in [0.05, 0.1) is 12.2 Å². The van der Waals surface area contributed by atoms with E-state index in [2.05, 4.69) is 14.9 Å². The molecule has 1 aliphatic carbocycles. The summed E-state index contributed by atoms with van der Waals surface area (Å²) in [7, 11) is -1.74. The highest BCUT2D eigenvalue weighted by molar-refractivity contribution is 7.87. The number of aromatic nitrogens is 2. The SMILES string of the molecule is CN(C1CCCCC1)S(=O)(=O)NCc1ccn[nH]1. The predicted molar refractivity (Wildman–Crippen MR) is 69.0 cm³/mol. The van der Waals surface area contributed by atoms with Gasteiger partial charge in [0.15, 0.2) is 0 Å². The zero-order valence-electron chi connectivity index (χ0n) is 10.6. The van der Waals surface area contributed by atoms with Crippen molar-refractivity contribution in [3.8, 4) is 0 Å². The van der Waals surface area contributed by atoms with Gasteiger partial charge in [0.2, 0.25) is 0 Å². The largest absolute Gasteiger partial charge is 0.281 e. The van der Waals surface area contributed by atoms with Crippen molar-refractivity contribution < 1.29 is 8.42 Å². The molecule has 7 heteroatoms. The minimum atomic E-state index is -3.40. The number of nitrogens with zero attached hydrogens (tertiary/aromatic N) is 2. The van der Waals surface area contributed by atoms with Crippen LogP contribution in [0.15, 0.2) is 12.3 Å². The molecule has 2 N–H and O–H groups in total. The highest BCUT2D eigenvalue weighted by Gasteiger charge is 2.27. The first-order valence-electron chi connectivity index (χ1n) is 6.30. The molecule has 18 heavy (non-hydrogen) atoms. The van der Waals surface area contributed by atoms with Gasteiger partial charge in [0, 0.05) is 19.3 Å². The Kier molecular flexibility index (Phi) is 4.36.